The van der Waals surface area contributed by atoms with Crippen molar-refractivity contribution < 1.29 is 31.3 Å². The number of benzene rings is 1. The topological polar surface area (TPSA) is 93.2 Å². The Labute approximate surface area is 232 Å². The van der Waals surface area contributed by atoms with E-state index in [1.165, 1.54) is 22.9 Å². The van der Waals surface area contributed by atoms with Gasteiger partial charge in [0.15, 0.2) is 0 Å². The number of alkyl halides is 5. The van der Waals surface area contributed by atoms with E-state index in [4.69, 9.17) is 4.52 Å². The van der Waals surface area contributed by atoms with Crippen molar-refractivity contribution in [2.75, 3.05) is 31.6 Å². The Balaban J connectivity index is 1.39. The highest BCUT2D eigenvalue weighted by Gasteiger charge is 2.32. The third kappa shape index (κ3) is 6.53. The third-order valence-electron chi connectivity index (χ3n) is 7.15. The maximum Gasteiger partial charge on any atom is 0.406 e. The zero-order chi connectivity index (χ0) is 29.1. The van der Waals surface area contributed by atoms with Gasteiger partial charge in [-0.25, -0.2) is 8.78 Å². The number of nitrogens with one attached hydrogen (secondary N) is 2. The van der Waals surface area contributed by atoms with Crippen LogP contribution >= 0.6 is 0 Å². The lowest BCUT2D eigenvalue weighted by Crippen LogP contribution is -2.47. The van der Waals surface area contributed by atoms with Crippen LogP contribution in [-0.2, 0) is 19.6 Å². The van der Waals surface area contributed by atoms with Crippen LogP contribution in [0.25, 0.3) is 22.4 Å². The van der Waals surface area contributed by atoms with Crippen molar-refractivity contribution in [2.24, 2.45) is 0 Å². The van der Waals surface area contributed by atoms with Gasteiger partial charge in [0.05, 0.1) is 35.9 Å². The van der Waals surface area contributed by atoms with Crippen molar-refractivity contribution in [3.05, 3.63) is 54.2 Å². The van der Waals surface area contributed by atoms with E-state index < -0.39 is 37.5 Å². The first-order chi connectivity index (χ1) is 19.6. The summed E-state index contributed by atoms with van der Waals surface area (Å²) in [6.45, 7) is 1.81. The Morgan fingerprint density at radius 2 is 2.07 bits per heavy atom. The number of fused-ring (bicyclic) bond motifs is 1. The molecule has 220 valence electrons. The van der Waals surface area contributed by atoms with Crippen LogP contribution in [0.3, 0.4) is 0 Å². The SMILES string of the molecule is CCN1CC[C@@H](Nc2cccc3c2cc(-c2noc(CNC(=O)c4ccn(CCF)c4)n2)n3CC(F)(F)F)[C@@H](F)C1. The lowest BCUT2D eigenvalue weighted by molar-refractivity contribution is -0.139. The lowest BCUT2D eigenvalue weighted by Gasteiger charge is -2.35. The molecular formula is C27H30F5N7O2. The average molecular weight is 580 g/mol. The molecule has 4 aromatic rings. The summed E-state index contributed by atoms with van der Waals surface area (Å²) in [7, 11) is 0. The molecule has 0 spiro atoms. The molecular weight excluding hydrogens is 549 g/mol. The predicted molar refractivity (Wildman–Crippen MR) is 142 cm³/mol. The minimum atomic E-state index is -4.54. The molecule has 0 aliphatic carbocycles. The highest BCUT2D eigenvalue weighted by molar-refractivity contribution is 5.96. The number of aromatic nitrogens is 4. The van der Waals surface area contributed by atoms with Crippen LogP contribution in [0.1, 0.15) is 29.6 Å². The van der Waals surface area contributed by atoms with Crippen LogP contribution in [0.15, 0.2) is 47.2 Å². The number of hydrogen-bond donors (Lipinski definition) is 2. The molecule has 3 aromatic heterocycles. The summed E-state index contributed by atoms with van der Waals surface area (Å²) in [6.07, 6.45) is -2.05. The van der Waals surface area contributed by atoms with Crippen LogP contribution in [0.4, 0.5) is 27.6 Å². The van der Waals surface area contributed by atoms with E-state index >= 15 is 0 Å². The summed E-state index contributed by atoms with van der Waals surface area (Å²) in [5.74, 6) is -0.559. The number of hydrogen-bond acceptors (Lipinski definition) is 6. The maximum atomic E-state index is 14.9. The number of aryl methyl sites for hydroxylation is 1. The van der Waals surface area contributed by atoms with E-state index in [9.17, 15) is 26.7 Å². The van der Waals surface area contributed by atoms with E-state index in [1.54, 1.807) is 24.4 Å². The van der Waals surface area contributed by atoms with Gasteiger partial charge in [-0.2, -0.15) is 18.2 Å². The van der Waals surface area contributed by atoms with Gasteiger partial charge in [0, 0.05) is 36.6 Å². The molecule has 4 heterocycles. The molecule has 0 bridgehead atoms. The van der Waals surface area contributed by atoms with Gasteiger partial charge in [-0.05, 0) is 37.2 Å². The molecule has 41 heavy (non-hydrogen) atoms. The molecule has 0 radical (unpaired) electrons. The second kappa shape index (κ2) is 11.9. The van der Waals surface area contributed by atoms with Gasteiger partial charge in [0.2, 0.25) is 11.7 Å². The number of halogens is 5. The predicted octanol–water partition coefficient (Wildman–Crippen LogP) is 4.80. The summed E-state index contributed by atoms with van der Waals surface area (Å²) < 4.78 is 76.1. The van der Waals surface area contributed by atoms with Crippen LogP contribution in [0.5, 0.6) is 0 Å². The van der Waals surface area contributed by atoms with Crippen molar-refractivity contribution >= 4 is 22.5 Å². The summed E-state index contributed by atoms with van der Waals surface area (Å²) in [5.41, 5.74) is 1.16. The van der Waals surface area contributed by atoms with Crippen molar-refractivity contribution in [1.82, 2.24) is 29.5 Å². The smallest absolute Gasteiger partial charge is 0.379 e. The second-order valence-corrected chi connectivity index (χ2v) is 9.94. The van der Waals surface area contributed by atoms with Crippen LogP contribution in [0.2, 0.25) is 0 Å². The normalized spacial score (nSPS) is 18.2. The molecule has 1 fully saturated rings. The van der Waals surface area contributed by atoms with Gasteiger partial charge in [-0.3, -0.25) is 4.79 Å². The van der Waals surface area contributed by atoms with Gasteiger partial charge in [-0.15, -0.1) is 0 Å². The van der Waals surface area contributed by atoms with Crippen LogP contribution < -0.4 is 10.6 Å². The number of carbonyl (C=O) groups excluding carboxylic acids is 1. The molecule has 0 unspecified atom stereocenters. The Morgan fingerprint density at radius 3 is 2.80 bits per heavy atom. The monoisotopic (exact) mass is 579 g/mol. The summed E-state index contributed by atoms with van der Waals surface area (Å²) in [6, 6.07) is 7.46. The zero-order valence-corrected chi connectivity index (χ0v) is 22.3. The Morgan fingerprint density at radius 1 is 1.24 bits per heavy atom. The number of amides is 1. The Hall–Kier alpha value is -3.94. The molecule has 2 atom stereocenters. The Kier molecular flexibility index (Phi) is 8.29. The van der Waals surface area contributed by atoms with Gasteiger partial charge >= 0.3 is 6.18 Å². The van der Waals surface area contributed by atoms with Crippen LogP contribution in [0, 0.1) is 0 Å². The summed E-state index contributed by atoms with van der Waals surface area (Å²) in [4.78, 5) is 18.7. The molecule has 14 heteroatoms. The fourth-order valence-corrected chi connectivity index (χ4v) is 5.06. The minimum Gasteiger partial charge on any atom is -0.379 e. The molecule has 1 aliphatic rings. The quantitative estimate of drug-likeness (QED) is 0.262. The average Bonchev–Trinajstić information content (AvgIpc) is 3.68. The molecule has 2 N–H and O–H groups in total. The fourth-order valence-electron chi connectivity index (χ4n) is 5.06. The first-order valence-corrected chi connectivity index (χ1v) is 13.3. The van der Waals surface area contributed by atoms with Gasteiger partial charge in [-0.1, -0.05) is 18.1 Å². The summed E-state index contributed by atoms with van der Waals surface area (Å²) >= 11 is 0. The van der Waals surface area contributed by atoms with E-state index in [0.717, 1.165) is 17.7 Å². The largest absolute Gasteiger partial charge is 0.406 e. The van der Waals surface area contributed by atoms with Gasteiger partial charge in [0.25, 0.3) is 5.91 Å². The van der Waals surface area contributed by atoms with Crippen molar-refractivity contribution in [3.63, 3.8) is 0 Å². The van der Waals surface area contributed by atoms with Crippen LogP contribution in [-0.4, -0.2) is 74.8 Å². The molecule has 1 aromatic carbocycles. The minimum absolute atomic E-state index is 0.0124. The third-order valence-corrected chi connectivity index (χ3v) is 7.15. The molecule has 1 amide bonds. The second-order valence-electron chi connectivity index (χ2n) is 9.94. The lowest BCUT2D eigenvalue weighted by atomic mass is 10.0. The number of carbonyl (C=O) groups is 1. The van der Waals surface area contributed by atoms with Crippen molar-refractivity contribution in [2.45, 2.75) is 51.4 Å². The number of piperidine rings is 1. The van der Waals surface area contributed by atoms with Crippen molar-refractivity contribution in [3.8, 4) is 11.5 Å². The standard InChI is InChI=1S/C27H30F5N7O2/c1-2-37-10-7-21(19(29)15-37)34-20-4-3-5-22-18(20)12-23(39(22)16-27(30,31)32)25-35-24(41-36-25)13-33-26(40)17-6-9-38(14-17)11-8-28/h3-6,9,12,14,19,21,34H,2,7-8,10-11,13,15-16H2,1H3,(H,33,40)/t19-,21+/m0/s1. The first-order valence-electron chi connectivity index (χ1n) is 13.3. The van der Waals surface area contributed by atoms with E-state index in [2.05, 4.69) is 20.8 Å². The first kappa shape index (κ1) is 28.6. The molecule has 1 aliphatic heterocycles. The summed E-state index contributed by atoms with van der Waals surface area (Å²) in [5, 5.41) is 10.1. The number of anilines is 1. The highest BCUT2D eigenvalue weighted by Crippen LogP contribution is 2.35. The number of rotatable bonds is 10. The molecule has 9 nitrogen and oxygen atoms in total. The maximum absolute atomic E-state index is 14.9. The van der Waals surface area contributed by atoms with E-state index in [0.29, 0.717) is 23.1 Å². The Bertz CT molecular complexity index is 1490. The van der Waals surface area contributed by atoms with E-state index in [1.807, 2.05) is 11.8 Å². The van der Waals surface area contributed by atoms with Crippen molar-refractivity contribution in [1.29, 1.82) is 0 Å². The number of nitrogens with zero attached hydrogens (tertiary/aromatic N) is 5. The fraction of sp³-hybridized carbons (Fsp3) is 0.444. The highest BCUT2D eigenvalue weighted by atomic mass is 19.4. The van der Waals surface area contributed by atoms with E-state index in [-0.39, 0.29) is 42.6 Å². The molecule has 0 saturated carbocycles. The van der Waals surface area contributed by atoms with Gasteiger partial charge < -0.3 is 29.2 Å². The van der Waals surface area contributed by atoms with Gasteiger partial charge in [0.1, 0.15) is 19.4 Å². The molecule has 1 saturated heterocycles. The zero-order valence-electron chi connectivity index (χ0n) is 22.3. The molecule has 5 rings (SSSR count). The number of likely N-dealkylation sites (tertiary alicyclic amines) is 1.